The molecule has 1 aromatic carbocycles. The van der Waals surface area contributed by atoms with E-state index in [0.717, 1.165) is 0 Å². The minimum atomic E-state index is -3.80. The number of aryl methyl sites for hydroxylation is 1. The van der Waals surface area contributed by atoms with Gasteiger partial charge in [-0.15, -0.1) is 0 Å². The highest BCUT2D eigenvalue weighted by Gasteiger charge is 2.23. The number of hydrogen-bond acceptors (Lipinski definition) is 4. The van der Waals surface area contributed by atoms with Gasteiger partial charge in [0.15, 0.2) is 0 Å². The summed E-state index contributed by atoms with van der Waals surface area (Å²) in [7, 11) is -3.80. The van der Waals surface area contributed by atoms with Gasteiger partial charge in [0.05, 0.1) is 12.3 Å². The van der Waals surface area contributed by atoms with Crippen LogP contribution in [-0.2, 0) is 23.2 Å². The van der Waals surface area contributed by atoms with Crippen LogP contribution in [0.1, 0.15) is 17.0 Å². The topological polar surface area (TPSA) is 95.1 Å². The molecule has 0 amide bonds. The Labute approximate surface area is 115 Å². The molecule has 0 spiro atoms. The fraction of sp³-hybridized carbons (Fsp3) is 0.250. The Morgan fingerprint density at radius 2 is 2.00 bits per heavy atom. The van der Waals surface area contributed by atoms with E-state index in [9.17, 15) is 12.8 Å². The Hall–Kier alpha value is -1.77. The second-order valence-electron chi connectivity index (χ2n) is 4.23. The highest BCUT2D eigenvalue weighted by molar-refractivity contribution is 7.89. The molecule has 20 heavy (non-hydrogen) atoms. The van der Waals surface area contributed by atoms with Crippen LogP contribution in [0.4, 0.5) is 4.39 Å². The Kier molecular flexibility index (Phi) is 4.17. The quantitative estimate of drug-likeness (QED) is 0.762. The van der Waals surface area contributed by atoms with Crippen LogP contribution < -0.4 is 4.72 Å². The van der Waals surface area contributed by atoms with E-state index in [1.54, 1.807) is 6.92 Å². The molecule has 8 heteroatoms. The molecule has 1 aromatic heterocycles. The molecular weight excluding hydrogens is 285 g/mol. The van der Waals surface area contributed by atoms with Crippen LogP contribution in [-0.4, -0.2) is 23.7 Å². The zero-order valence-electron chi connectivity index (χ0n) is 10.7. The number of aromatic amines is 1. The van der Waals surface area contributed by atoms with Crippen LogP contribution in [0, 0.1) is 12.7 Å². The number of sulfonamides is 1. The van der Waals surface area contributed by atoms with Gasteiger partial charge in [0.2, 0.25) is 10.0 Å². The number of aromatic nitrogens is 2. The molecule has 0 radical (unpaired) electrons. The number of H-pyrrole nitrogens is 1. The molecule has 0 saturated carbocycles. The zero-order valence-corrected chi connectivity index (χ0v) is 11.5. The van der Waals surface area contributed by atoms with Gasteiger partial charge in [0.25, 0.3) is 0 Å². The Morgan fingerprint density at radius 3 is 2.60 bits per heavy atom. The standard InChI is InChI=1S/C12H14FN3O3S/c1-8-12(11(7-17)16-15-8)20(18,19)14-6-9-2-4-10(13)5-3-9/h2-5,14,17H,6-7H2,1H3,(H,15,16). The average Bonchev–Trinajstić information content (AvgIpc) is 2.80. The lowest BCUT2D eigenvalue weighted by Gasteiger charge is -2.07. The van der Waals surface area contributed by atoms with Gasteiger partial charge >= 0.3 is 0 Å². The summed E-state index contributed by atoms with van der Waals surface area (Å²) in [6, 6.07) is 5.50. The average molecular weight is 299 g/mol. The first-order valence-electron chi connectivity index (χ1n) is 5.83. The van der Waals surface area contributed by atoms with Crippen molar-refractivity contribution in [1.82, 2.24) is 14.9 Å². The van der Waals surface area contributed by atoms with Crippen molar-refractivity contribution < 1.29 is 17.9 Å². The van der Waals surface area contributed by atoms with Crippen LogP contribution in [0.15, 0.2) is 29.2 Å². The molecule has 0 saturated heterocycles. The van der Waals surface area contributed by atoms with Gasteiger partial charge in [-0.25, -0.2) is 17.5 Å². The Morgan fingerprint density at radius 1 is 1.35 bits per heavy atom. The maximum absolute atomic E-state index is 12.8. The van der Waals surface area contributed by atoms with Gasteiger partial charge in [-0.2, -0.15) is 5.10 Å². The molecule has 3 N–H and O–H groups in total. The van der Waals surface area contributed by atoms with E-state index >= 15 is 0 Å². The number of nitrogens with zero attached hydrogens (tertiary/aromatic N) is 1. The van der Waals surface area contributed by atoms with Gasteiger partial charge in [-0.05, 0) is 24.6 Å². The van der Waals surface area contributed by atoms with Crippen molar-refractivity contribution in [3.05, 3.63) is 47.0 Å². The lowest BCUT2D eigenvalue weighted by Crippen LogP contribution is -2.24. The molecule has 0 aliphatic carbocycles. The van der Waals surface area contributed by atoms with Crippen molar-refractivity contribution in [2.45, 2.75) is 25.0 Å². The largest absolute Gasteiger partial charge is 0.390 e. The van der Waals surface area contributed by atoms with Crippen molar-refractivity contribution in [2.24, 2.45) is 0 Å². The van der Waals surface area contributed by atoms with Crippen LogP contribution in [0.5, 0.6) is 0 Å². The summed E-state index contributed by atoms with van der Waals surface area (Å²) in [6.45, 7) is 1.11. The predicted octanol–water partition coefficient (Wildman–Crippen LogP) is 0.828. The fourth-order valence-electron chi connectivity index (χ4n) is 1.79. The van der Waals surface area contributed by atoms with E-state index < -0.39 is 16.6 Å². The van der Waals surface area contributed by atoms with E-state index in [1.807, 2.05) is 0 Å². The van der Waals surface area contributed by atoms with Crippen molar-refractivity contribution >= 4 is 10.0 Å². The minimum absolute atomic E-state index is 0.0259. The van der Waals surface area contributed by atoms with Crippen LogP contribution in [0.2, 0.25) is 0 Å². The number of hydrogen-bond donors (Lipinski definition) is 3. The predicted molar refractivity (Wildman–Crippen MR) is 69.7 cm³/mol. The molecule has 0 aliphatic rings. The first-order valence-corrected chi connectivity index (χ1v) is 7.31. The Bertz CT molecular complexity index is 695. The summed E-state index contributed by atoms with van der Waals surface area (Å²) in [5.41, 5.74) is 1.04. The summed E-state index contributed by atoms with van der Waals surface area (Å²) in [5.74, 6) is -0.384. The van der Waals surface area contributed by atoms with E-state index in [4.69, 9.17) is 5.11 Å². The highest BCUT2D eigenvalue weighted by Crippen LogP contribution is 2.17. The third-order valence-electron chi connectivity index (χ3n) is 2.76. The second-order valence-corrected chi connectivity index (χ2v) is 5.94. The molecule has 2 aromatic rings. The van der Waals surface area contributed by atoms with E-state index in [-0.39, 0.29) is 23.0 Å². The maximum Gasteiger partial charge on any atom is 0.244 e. The summed E-state index contributed by atoms with van der Waals surface area (Å²) < 4.78 is 39.5. The third kappa shape index (κ3) is 3.03. The van der Waals surface area contributed by atoms with Crippen LogP contribution >= 0.6 is 0 Å². The summed E-state index contributed by atoms with van der Waals surface area (Å²) in [4.78, 5) is -0.0536. The number of aliphatic hydroxyl groups is 1. The molecular formula is C12H14FN3O3S. The minimum Gasteiger partial charge on any atom is -0.390 e. The van der Waals surface area contributed by atoms with Gasteiger partial charge in [-0.1, -0.05) is 12.1 Å². The van der Waals surface area contributed by atoms with Crippen molar-refractivity contribution in [3.8, 4) is 0 Å². The smallest absolute Gasteiger partial charge is 0.244 e. The summed E-state index contributed by atoms with van der Waals surface area (Å²) in [6.07, 6.45) is 0. The van der Waals surface area contributed by atoms with Crippen molar-refractivity contribution in [1.29, 1.82) is 0 Å². The lowest BCUT2D eigenvalue weighted by molar-refractivity contribution is 0.273. The van der Waals surface area contributed by atoms with Gasteiger partial charge in [0, 0.05) is 6.54 Å². The molecule has 0 atom stereocenters. The number of rotatable bonds is 5. The van der Waals surface area contributed by atoms with Gasteiger partial charge in [-0.3, -0.25) is 5.10 Å². The number of nitrogens with one attached hydrogen (secondary N) is 2. The van der Waals surface area contributed by atoms with Crippen molar-refractivity contribution in [3.63, 3.8) is 0 Å². The molecule has 1 heterocycles. The molecule has 108 valence electrons. The van der Waals surface area contributed by atoms with Crippen LogP contribution in [0.25, 0.3) is 0 Å². The van der Waals surface area contributed by atoms with Gasteiger partial charge < -0.3 is 5.11 Å². The molecule has 0 bridgehead atoms. The summed E-state index contributed by atoms with van der Waals surface area (Å²) >= 11 is 0. The van der Waals surface area contributed by atoms with E-state index in [1.165, 1.54) is 24.3 Å². The molecule has 0 unspecified atom stereocenters. The normalized spacial score (nSPS) is 11.8. The SMILES string of the molecule is Cc1[nH]nc(CO)c1S(=O)(=O)NCc1ccc(F)cc1. The van der Waals surface area contributed by atoms with E-state index in [2.05, 4.69) is 14.9 Å². The fourth-order valence-corrected chi connectivity index (χ4v) is 3.16. The third-order valence-corrected chi connectivity index (χ3v) is 4.36. The molecule has 2 rings (SSSR count). The monoisotopic (exact) mass is 299 g/mol. The second kappa shape index (κ2) is 5.70. The van der Waals surface area contributed by atoms with E-state index in [0.29, 0.717) is 11.3 Å². The summed E-state index contributed by atoms with van der Waals surface area (Å²) in [5, 5.41) is 15.3. The highest BCUT2D eigenvalue weighted by atomic mass is 32.2. The molecule has 0 fully saturated rings. The number of halogens is 1. The molecule has 6 nitrogen and oxygen atoms in total. The van der Waals surface area contributed by atoms with Crippen molar-refractivity contribution in [2.75, 3.05) is 0 Å². The maximum atomic E-state index is 12.8. The van der Waals surface area contributed by atoms with Gasteiger partial charge in [0.1, 0.15) is 16.4 Å². The number of benzene rings is 1. The number of aliphatic hydroxyl groups excluding tert-OH is 1. The zero-order chi connectivity index (χ0) is 14.8. The molecule has 0 aliphatic heterocycles. The first-order chi connectivity index (χ1) is 9.44. The first kappa shape index (κ1) is 14.6. The lowest BCUT2D eigenvalue weighted by atomic mass is 10.2. The Balaban J connectivity index is 2.19. The van der Waals surface area contributed by atoms with Crippen LogP contribution in [0.3, 0.4) is 0 Å².